The van der Waals surface area contributed by atoms with Crippen molar-refractivity contribution in [3.8, 4) is 0 Å². The van der Waals surface area contributed by atoms with E-state index in [1.807, 2.05) is 12.2 Å². The minimum atomic E-state index is 0.379. The van der Waals surface area contributed by atoms with Crippen molar-refractivity contribution in [2.75, 3.05) is 5.73 Å². The topological polar surface area (TPSA) is 52.0 Å². The first-order chi connectivity index (χ1) is 4.84. The van der Waals surface area contributed by atoms with Gasteiger partial charge in [-0.1, -0.05) is 24.2 Å². The summed E-state index contributed by atoms with van der Waals surface area (Å²) in [4.78, 5) is 0. The Bertz CT molecular complexity index is 227. The van der Waals surface area contributed by atoms with E-state index >= 15 is 0 Å². The van der Waals surface area contributed by atoms with Crippen LogP contribution in [0.1, 0.15) is 18.9 Å². The van der Waals surface area contributed by atoms with Crippen LogP contribution in [0.3, 0.4) is 0 Å². The van der Waals surface area contributed by atoms with E-state index in [1.165, 1.54) is 0 Å². The maximum atomic E-state index is 5.40. The van der Waals surface area contributed by atoms with E-state index in [2.05, 4.69) is 16.6 Å². The molecule has 0 fully saturated rings. The summed E-state index contributed by atoms with van der Waals surface area (Å²) in [5.41, 5.74) is 6.25. The van der Waals surface area contributed by atoms with Crippen molar-refractivity contribution >= 4 is 12.0 Å². The predicted molar refractivity (Wildman–Crippen MR) is 40.2 cm³/mol. The number of anilines is 1. The van der Waals surface area contributed by atoms with Crippen LogP contribution in [0.5, 0.6) is 0 Å². The van der Waals surface area contributed by atoms with E-state index in [4.69, 9.17) is 5.73 Å². The fraction of sp³-hybridized carbons (Fsp3) is 0.286. The maximum Gasteiger partial charge on any atom is 0.229 e. The van der Waals surface area contributed by atoms with Gasteiger partial charge >= 0.3 is 0 Å². The van der Waals surface area contributed by atoms with Crippen LogP contribution in [0.15, 0.2) is 16.8 Å². The molecular weight excluding hydrogens is 128 g/mol. The second kappa shape index (κ2) is 3.06. The minimum Gasteiger partial charge on any atom is -0.367 e. The van der Waals surface area contributed by atoms with E-state index in [1.54, 1.807) is 6.20 Å². The van der Waals surface area contributed by atoms with E-state index in [-0.39, 0.29) is 0 Å². The average Bonchev–Trinajstić information content (AvgIpc) is 2.31. The summed E-state index contributed by atoms with van der Waals surface area (Å²) in [5, 5.41) is 3.52. The smallest absolute Gasteiger partial charge is 0.229 e. The number of nitrogens with two attached hydrogens (primary N) is 1. The highest BCUT2D eigenvalue weighted by molar-refractivity contribution is 5.58. The molecule has 0 aliphatic rings. The molecule has 1 aromatic heterocycles. The van der Waals surface area contributed by atoms with Gasteiger partial charge in [0, 0.05) is 0 Å². The first-order valence-corrected chi connectivity index (χ1v) is 3.21. The monoisotopic (exact) mass is 138 g/mol. The molecule has 0 unspecified atom stereocenters. The van der Waals surface area contributed by atoms with Crippen molar-refractivity contribution in [2.45, 2.75) is 13.3 Å². The second-order valence-electron chi connectivity index (χ2n) is 1.96. The molecule has 0 aliphatic heterocycles. The van der Waals surface area contributed by atoms with Crippen molar-refractivity contribution in [1.82, 2.24) is 5.16 Å². The first kappa shape index (κ1) is 6.86. The Morgan fingerprint density at radius 3 is 3.10 bits per heavy atom. The maximum absolute atomic E-state index is 5.40. The third-order valence-electron chi connectivity index (χ3n) is 1.16. The SMILES string of the molecule is CC/C=C\c1cnoc1N. The number of hydrogen-bond donors (Lipinski definition) is 1. The molecule has 54 valence electrons. The zero-order chi connectivity index (χ0) is 7.40. The lowest BCUT2D eigenvalue weighted by Crippen LogP contribution is -1.81. The molecule has 0 saturated carbocycles. The minimum absolute atomic E-state index is 0.379. The lowest BCUT2D eigenvalue weighted by atomic mass is 10.3. The Hall–Kier alpha value is -1.25. The normalized spacial score (nSPS) is 10.9. The van der Waals surface area contributed by atoms with E-state index < -0.39 is 0 Å². The van der Waals surface area contributed by atoms with Crippen LogP contribution in [0.25, 0.3) is 6.08 Å². The third kappa shape index (κ3) is 1.37. The van der Waals surface area contributed by atoms with E-state index in [0.29, 0.717) is 5.88 Å². The molecule has 2 N–H and O–H groups in total. The number of nitrogens with zero attached hydrogens (tertiary/aromatic N) is 1. The number of nitrogen functional groups attached to an aromatic ring is 1. The Balaban J connectivity index is 2.74. The molecule has 0 spiro atoms. The van der Waals surface area contributed by atoms with Crippen LogP contribution < -0.4 is 5.73 Å². The average molecular weight is 138 g/mol. The van der Waals surface area contributed by atoms with Crippen molar-refractivity contribution < 1.29 is 4.52 Å². The summed E-state index contributed by atoms with van der Waals surface area (Å²) in [7, 11) is 0. The molecule has 1 aromatic rings. The summed E-state index contributed by atoms with van der Waals surface area (Å²) in [6.07, 6.45) is 6.49. The van der Waals surface area contributed by atoms with Crippen LogP contribution in [0, 0.1) is 0 Å². The molecular formula is C7H10N2O. The zero-order valence-corrected chi connectivity index (χ0v) is 5.87. The molecule has 1 rings (SSSR count). The van der Waals surface area contributed by atoms with Crippen LogP contribution in [0.2, 0.25) is 0 Å². The lowest BCUT2D eigenvalue weighted by Gasteiger charge is -1.83. The fourth-order valence-electron chi connectivity index (χ4n) is 0.626. The summed E-state index contributed by atoms with van der Waals surface area (Å²) >= 11 is 0. The van der Waals surface area contributed by atoms with Crippen LogP contribution in [-0.2, 0) is 0 Å². The third-order valence-corrected chi connectivity index (χ3v) is 1.16. The molecule has 0 aromatic carbocycles. The molecule has 0 amide bonds. The van der Waals surface area contributed by atoms with Crippen molar-refractivity contribution in [3.05, 3.63) is 17.8 Å². The fourth-order valence-corrected chi connectivity index (χ4v) is 0.626. The van der Waals surface area contributed by atoms with Gasteiger partial charge in [-0.25, -0.2) is 0 Å². The number of aromatic nitrogens is 1. The zero-order valence-electron chi connectivity index (χ0n) is 5.87. The standard InChI is InChI=1S/C7H10N2O/c1-2-3-4-6-5-9-10-7(6)8/h3-5H,2,8H2,1H3/b4-3-. The van der Waals surface area contributed by atoms with Gasteiger partial charge in [-0.05, 0) is 6.42 Å². The van der Waals surface area contributed by atoms with Gasteiger partial charge in [0.15, 0.2) is 0 Å². The summed E-state index contributed by atoms with van der Waals surface area (Å²) < 4.78 is 4.64. The molecule has 1 heterocycles. The van der Waals surface area contributed by atoms with Crippen LogP contribution in [0.4, 0.5) is 5.88 Å². The molecule has 0 saturated heterocycles. The van der Waals surface area contributed by atoms with E-state index in [9.17, 15) is 0 Å². The molecule has 0 aliphatic carbocycles. The highest BCUT2D eigenvalue weighted by Gasteiger charge is 1.96. The molecule has 3 nitrogen and oxygen atoms in total. The molecule has 0 atom stereocenters. The molecule has 10 heavy (non-hydrogen) atoms. The largest absolute Gasteiger partial charge is 0.367 e. The van der Waals surface area contributed by atoms with Crippen molar-refractivity contribution in [2.24, 2.45) is 0 Å². The predicted octanol–water partition coefficient (Wildman–Crippen LogP) is 1.68. The number of allylic oxidation sites excluding steroid dienone is 1. The number of hydrogen-bond acceptors (Lipinski definition) is 3. The highest BCUT2D eigenvalue weighted by atomic mass is 16.5. The Morgan fingerprint density at radius 2 is 2.60 bits per heavy atom. The Kier molecular flexibility index (Phi) is 2.10. The summed E-state index contributed by atoms with van der Waals surface area (Å²) in [5.74, 6) is 0.379. The van der Waals surface area contributed by atoms with Crippen LogP contribution in [-0.4, -0.2) is 5.16 Å². The van der Waals surface area contributed by atoms with Crippen LogP contribution >= 0.6 is 0 Å². The molecule has 0 radical (unpaired) electrons. The molecule has 0 bridgehead atoms. The second-order valence-corrected chi connectivity index (χ2v) is 1.96. The van der Waals surface area contributed by atoms with Gasteiger partial charge in [0.1, 0.15) is 0 Å². The van der Waals surface area contributed by atoms with Gasteiger partial charge in [-0.15, -0.1) is 0 Å². The summed E-state index contributed by atoms with van der Waals surface area (Å²) in [6, 6.07) is 0. The van der Waals surface area contributed by atoms with Gasteiger partial charge in [-0.2, -0.15) is 0 Å². The van der Waals surface area contributed by atoms with Crippen molar-refractivity contribution in [3.63, 3.8) is 0 Å². The lowest BCUT2D eigenvalue weighted by molar-refractivity contribution is 0.436. The first-order valence-electron chi connectivity index (χ1n) is 3.21. The van der Waals surface area contributed by atoms with Gasteiger partial charge in [0.2, 0.25) is 5.88 Å². The molecule has 3 heteroatoms. The number of rotatable bonds is 2. The summed E-state index contributed by atoms with van der Waals surface area (Å²) in [6.45, 7) is 2.06. The Labute approximate surface area is 59.5 Å². The highest BCUT2D eigenvalue weighted by Crippen LogP contribution is 2.11. The van der Waals surface area contributed by atoms with Crippen molar-refractivity contribution in [1.29, 1.82) is 0 Å². The van der Waals surface area contributed by atoms with Gasteiger partial charge in [-0.3, -0.25) is 0 Å². The van der Waals surface area contributed by atoms with Gasteiger partial charge in [0.25, 0.3) is 0 Å². The quantitative estimate of drug-likeness (QED) is 0.676. The van der Waals surface area contributed by atoms with Gasteiger partial charge in [0.05, 0.1) is 11.8 Å². The Morgan fingerprint density at radius 1 is 1.80 bits per heavy atom. The van der Waals surface area contributed by atoms with Gasteiger partial charge < -0.3 is 10.3 Å². The van der Waals surface area contributed by atoms with E-state index in [0.717, 1.165) is 12.0 Å².